The maximum Gasteiger partial charge on any atom is 0.389 e. The summed E-state index contributed by atoms with van der Waals surface area (Å²) < 4.78 is 45.9. The molecular weight excluding hydrogens is 185 g/mol. The van der Waals surface area contributed by atoms with Gasteiger partial charge in [-0.15, -0.1) is 0 Å². The summed E-state index contributed by atoms with van der Waals surface area (Å²) in [5.74, 6) is -1.03. The fraction of sp³-hybridized carbons (Fsp3) is 1.00. The normalized spacial score (nSPS) is 23.1. The highest BCUT2D eigenvalue weighted by atomic mass is 19.4. The van der Waals surface area contributed by atoms with Crippen molar-refractivity contribution in [2.75, 3.05) is 13.2 Å². The van der Waals surface area contributed by atoms with Gasteiger partial charge in [-0.2, -0.15) is 13.2 Å². The molecule has 0 spiro atoms. The van der Waals surface area contributed by atoms with Gasteiger partial charge in [-0.1, -0.05) is 0 Å². The molecule has 5 heteroatoms. The Kier molecular flexibility index (Phi) is 3.18. The van der Waals surface area contributed by atoms with E-state index < -0.39 is 18.4 Å². The fourth-order valence-corrected chi connectivity index (χ4v) is 1.19. The molecule has 2 nitrogen and oxygen atoms in total. The van der Waals surface area contributed by atoms with Gasteiger partial charge in [0.2, 0.25) is 0 Å². The Balaban J connectivity index is 2.33. The molecular formula is C8H13F3O2. The van der Waals surface area contributed by atoms with Crippen LogP contribution in [0.4, 0.5) is 13.2 Å². The Bertz CT molecular complexity index is 161. The molecule has 0 saturated carbocycles. The fourth-order valence-electron chi connectivity index (χ4n) is 1.19. The van der Waals surface area contributed by atoms with Crippen molar-refractivity contribution in [1.82, 2.24) is 0 Å². The molecule has 1 heterocycles. The third-order valence-electron chi connectivity index (χ3n) is 1.97. The molecule has 0 unspecified atom stereocenters. The SMILES string of the molecule is CC1(CCC(F)(F)F)OCCCO1. The second kappa shape index (κ2) is 3.84. The first kappa shape index (κ1) is 10.8. The van der Waals surface area contributed by atoms with Gasteiger partial charge in [-0.3, -0.25) is 0 Å². The highest BCUT2D eigenvalue weighted by Gasteiger charge is 2.35. The van der Waals surface area contributed by atoms with Crippen LogP contribution in [0.25, 0.3) is 0 Å². The number of hydrogen-bond acceptors (Lipinski definition) is 2. The van der Waals surface area contributed by atoms with Gasteiger partial charge in [-0.05, 0) is 13.3 Å². The summed E-state index contributed by atoms with van der Waals surface area (Å²) >= 11 is 0. The topological polar surface area (TPSA) is 18.5 Å². The predicted octanol–water partition coefficient (Wildman–Crippen LogP) is 2.48. The average molecular weight is 198 g/mol. The Morgan fingerprint density at radius 3 is 2.23 bits per heavy atom. The van der Waals surface area contributed by atoms with Crippen LogP contribution in [0.1, 0.15) is 26.2 Å². The maximum atomic E-state index is 11.9. The van der Waals surface area contributed by atoms with Gasteiger partial charge in [0.25, 0.3) is 0 Å². The average Bonchev–Trinajstić information content (AvgIpc) is 2.02. The monoisotopic (exact) mass is 198 g/mol. The molecule has 0 radical (unpaired) electrons. The standard InChI is InChI=1S/C8H13F3O2/c1-7(3-4-8(9,10)11)12-5-2-6-13-7/h2-6H2,1H3. The molecule has 0 N–H and O–H groups in total. The van der Waals surface area contributed by atoms with Gasteiger partial charge >= 0.3 is 6.18 Å². The Labute approximate surface area is 75.0 Å². The zero-order valence-corrected chi connectivity index (χ0v) is 7.49. The first-order valence-electron chi connectivity index (χ1n) is 4.26. The molecule has 1 aliphatic heterocycles. The molecule has 1 aliphatic rings. The van der Waals surface area contributed by atoms with Gasteiger partial charge in [0.1, 0.15) is 0 Å². The molecule has 0 aromatic rings. The lowest BCUT2D eigenvalue weighted by molar-refractivity contribution is -0.269. The van der Waals surface area contributed by atoms with Crippen molar-refractivity contribution >= 4 is 0 Å². The van der Waals surface area contributed by atoms with Crippen LogP contribution in [-0.2, 0) is 9.47 Å². The molecule has 0 bridgehead atoms. The Morgan fingerprint density at radius 1 is 1.23 bits per heavy atom. The first-order valence-corrected chi connectivity index (χ1v) is 4.26. The second-order valence-electron chi connectivity index (χ2n) is 3.30. The molecule has 0 atom stereocenters. The molecule has 1 fully saturated rings. The summed E-state index contributed by atoms with van der Waals surface area (Å²) in [6.07, 6.45) is -4.37. The minimum absolute atomic E-state index is 0.128. The zero-order valence-electron chi connectivity index (χ0n) is 7.49. The van der Waals surface area contributed by atoms with E-state index in [1.807, 2.05) is 0 Å². The number of alkyl halides is 3. The lowest BCUT2D eigenvalue weighted by Gasteiger charge is -2.34. The summed E-state index contributed by atoms with van der Waals surface area (Å²) in [4.78, 5) is 0. The molecule has 1 saturated heterocycles. The number of halogens is 3. The molecule has 78 valence electrons. The van der Waals surface area contributed by atoms with Crippen molar-refractivity contribution in [3.63, 3.8) is 0 Å². The predicted molar refractivity (Wildman–Crippen MR) is 40.2 cm³/mol. The highest BCUT2D eigenvalue weighted by molar-refractivity contribution is 4.69. The quantitative estimate of drug-likeness (QED) is 0.678. The van der Waals surface area contributed by atoms with Crippen LogP contribution in [0.3, 0.4) is 0 Å². The zero-order chi connectivity index (χ0) is 9.95. The van der Waals surface area contributed by atoms with E-state index >= 15 is 0 Å². The number of hydrogen-bond donors (Lipinski definition) is 0. The molecule has 13 heavy (non-hydrogen) atoms. The Hall–Kier alpha value is -0.290. The third kappa shape index (κ3) is 3.95. The summed E-state index contributed by atoms with van der Waals surface area (Å²) in [5.41, 5.74) is 0. The van der Waals surface area contributed by atoms with Crippen molar-refractivity contribution in [2.45, 2.75) is 38.1 Å². The minimum atomic E-state index is -4.13. The maximum absolute atomic E-state index is 11.9. The lowest BCUT2D eigenvalue weighted by atomic mass is 10.1. The highest BCUT2D eigenvalue weighted by Crippen LogP contribution is 2.30. The van der Waals surface area contributed by atoms with E-state index in [1.165, 1.54) is 0 Å². The van der Waals surface area contributed by atoms with Gasteiger partial charge in [0.05, 0.1) is 13.2 Å². The van der Waals surface area contributed by atoms with Crippen LogP contribution in [-0.4, -0.2) is 25.2 Å². The molecule has 0 aromatic carbocycles. The summed E-state index contributed by atoms with van der Waals surface area (Å²) in [6.45, 7) is 2.51. The lowest BCUT2D eigenvalue weighted by Crippen LogP contribution is -2.38. The smallest absolute Gasteiger partial charge is 0.350 e. The van der Waals surface area contributed by atoms with Crippen LogP contribution in [0.15, 0.2) is 0 Å². The van der Waals surface area contributed by atoms with Crippen LogP contribution in [0.5, 0.6) is 0 Å². The summed E-state index contributed by atoms with van der Waals surface area (Å²) in [7, 11) is 0. The number of ether oxygens (including phenoxy) is 2. The van der Waals surface area contributed by atoms with Crippen molar-refractivity contribution in [1.29, 1.82) is 0 Å². The van der Waals surface area contributed by atoms with Crippen LogP contribution < -0.4 is 0 Å². The molecule has 0 aromatic heterocycles. The summed E-state index contributed by atoms with van der Waals surface area (Å²) in [5, 5.41) is 0. The largest absolute Gasteiger partial charge is 0.389 e. The van der Waals surface area contributed by atoms with Gasteiger partial charge < -0.3 is 9.47 Å². The van der Waals surface area contributed by atoms with Crippen molar-refractivity contribution in [3.8, 4) is 0 Å². The van der Waals surface area contributed by atoms with Crippen molar-refractivity contribution in [2.24, 2.45) is 0 Å². The van der Waals surface area contributed by atoms with E-state index in [-0.39, 0.29) is 6.42 Å². The molecule has 0 amide bonds. The van der Waals surface area contributed by atoms with Gasteiger partial charge in [-0.25, -0.2) is 0 Å². The van der Waals surface area contributed by atoms with Crippen molar-refractivity contribution < 1.29 is 22.6 Å². The Morgan fingerprint density at radius 2 is 1.77 bits per heavy atom. The van der Waals surface area contributed by atoms with Crippen LogP contribution in [0, 0.1) is 0 Å². The summed E-state index contributed by atoms with van der Waals surface area (Å²) in [6, 6.07) is 0. The van der Waals surface area contributed by atoms with Crippen molar-refractivity contribution in [3.05, 3.63) is 0 Å². The van der Waals surface area contributed by atoms with Gasteiger partial charge in [0, 0.05) is 12.8 Å². The minimum Gasteiger partial charge on any atom is -0.350 e. The van der Waals surface area contributed by atoms with E-state index in [9.17, 15) is 13.2 Å². The van der Waals surface area contributed by atoms with E-state index in [1.54, 1.807) is 6.92 Å². The van der Waals surface area contributed by atoms with E-state index in [0.29, 0.717) is 13.2 Å². The number of rotatable bonds is 2. The van der Waals surface area contributed by atoms with Crippen LogP contribution >= 0.6 is 0 Å². The molecule has 0 aliphatic carbocycles. The first-order chi connectivity index (χ1) is 5.91. The third-order valence-corrected chi connectivity index (χ3v) is 1.97. The van der Waals surface area contributed by atoms with E-state index in [2.05, 4.69) is 0 Å². The van der Waals surface area contributed by atoms with Gasteiger partial charge in [0.15, 0.2) is 5.79 Å². The van der Waals surface area contributed by atoms with E-state index in [0.717, 1.165) is 6.42 Å². The molecule has 1 rings (SSSR count). The van der Waals surface area contributed by atoms with E-state index in [4.69, 9.17) is 9.47 Å². The van der Waals surface area contributed by atoms with Crippen LogP contribution in [0.2, 0.25) is 0 Å². The second-order valence-corrected chi connectivity index (χ2v) is 3.30.